The van der Waals surface area contributed by atoms with Crippen molar-refractivity contribution in [2.75, 3.05) is 12.0 Å². The largest absolute Gasteiger partial charge is 0.493 e. The van der Waals surface area contributed by atoms with Crippen molar-refractivity contribution >= 4 is 23.2 Å². The van der Waals surface area contributed by atoms with Crippen LogP contribution in [-0.4, -0.2) is 30.2 Å². The summed E-state index contributed by atoms with van der Waals surface area (Å²) in [4.78, 5) is 15.5. The first kappa shape index (κ1) is 29.3. The van der Waals surface area contributed by atoms with Crippen molar-refractivity contribution in [3.63, 3.8) is 0 Å². The van der Waals surface area contributed by atoms with E-state index in [0.29, 0.717) is 27.8 Å². The van der Waals surface area contributed by atoms with Crippen molar-refractivity contribution in [2.24, 2.45) is 5.92 Å². The molecule has 2 aliphatic rings. The van der Waals surface area contributed by atoms with Gasteiger partial charge in [-0.3, -0.25) is 4.79 Å². The van der Waals surface area contributed by atoms with Crippen LogP contribution in [0.5, 0.6) is 11.5 Å². The number of ether oxygens (including phenoxy) is 2. The lowest BCUT2D eigenvalue weighted by Gasteiger charge is -2.40. The van der Waals surface area contributed by atoms with Crippen LogP contribution in [0.4, 0.5) is 14.5 Å². The maximum Gasteiger partial charge on any atom is 0.248 e. The molecule has 1 heterocycles. The molecule has 5 nitrogen and oxygen atoms in total. The Labute approximate surface area is 245 Å². The molecule has 8 heteroatoms. The van der Waals surface area contributed by atoms with Gasteiger partial charge in [-0.15, -0.1) is 0 Å². The Morgan fingerprint density at radius 2 is 1.66 bits per heavy atom. The molecule has 2 atom stereocenters. The van der Waals surface area contributed by atoms with Gasteiger partial charge in [0.2, 0.25) is 11.8 Å². The first-order valence-electron chi connectivity index (χ1n) is 14.1. The average molecular weight is 584 g/mol. The summed E-state index contributed by atoms with van der Waals surface area (Å²) in [5.74, 6) is -1.86. The second-order valence-electron chi connectivity index (χ2n) is 11.6. The Kier molecular flexibility index (Phi) is 8.05. The van der Waals surface area contributed by atoms with E-state index in [1.54, 1.807) is 43.2 Å². The van der Waals surface area contributed by atoms with Crippen molar-refractivity contribution in [2.45, 2.75) is 76.5 Å². The summed E-state index contributed by atoms with van der Waals surface area (Å²) in [6.45, 7) is 5.58. The monoisotopic (exact) mass is 583 g/mol. The molecule has 3 aromatic carbocycles. The zero-order valence-corrected chi connectivity index (χ0v) is 24.6. The highest BCUT2D eigenvalue weighted by Gasteiger charge is 2.43. The molecule has 1 N–H and O–H groups in total. The van der Waals surface area contributed by atoms with E-state index < -0.39 is 17.6 Å². The third kappa shape index (κ3) is 5.93. The lowest BCUT2D eigenvalue weighted by Crippen LogP contribution is -2.41. The molecule has 5 rings (SSSR count). The second-order valence-corrected chi connectivity index (χ2v) is 12.0. The molecular weight excluding hydrogens is 548 g/mol. The summed E-state index contributed by atoms with van der Waals surface area (Å²) in [5, 5.41) is 12.0. The van der Waals surface area contributed by atoms with Gasteiger partial charge in [-0.05, 0) is 98.2 Å². The van der Waals surface area contributed by atoms with Gasteiger partial charge in [0, 0.05) is 23.6 Å². The maximum atomic E-state index is 13.8. The van der Waals surface area contributed by atoms with Crippen molar-refractivity contribution in [1.29, 1.82) is 0 Å². The van der Waals surface area contributed by atoms with Crippen molar-refractivity contribution in [1.82, 2.24) is 0 Å². The van der Waals surface area contributed by atoms with Gasteiger partial charge in [0.05, 0.1) is 31.3 Å². The number of anilines is 1. The van der Waals surface area contributed by atoms with Gasteiger partial charge < -0.3 is 19.5 Å². The first-order chi connectivity index (χ1) is 19.4. The number of fused-ring (bicyclic) bond motifs is 1. The lowest BCUT2D eigenvalue weighted by molar-refractivity contribution is -0.118. The Morgan fingerprint density at radius 3 is 2.24 bits per heavy atom. The van der Waals surface area contributed by atoms with Crippen molar-refractivity contribution in [3.8, 4) is 11.5 Å². The molecule has 0 saturated heterocycles. The van der Waals surface area contributed by atoms with Gasteiger partial charge in [0.15, 0.2) is 11.5 Å². The van der Waals surface area contributed by atoms with Crippen LogP contribution in [0.25, 0.3) is 0 Å². The zero-order valence-electron chi connectivity index (χ0n) is 23.8. The van der Waals surface area contributed by atoms with Gasteiger partial charge in [0.25, 0.3) is 0 Å². The Bertz CT molecular complexity index is 1400. The first-order valence-corrected chi connectivity index (χ1v) is 14.4. The van der Waals surface area contributed by atoms with Gasteiger partial charge in [-0.2, -0.15) is 0 Å². The van der Waals surface area contributed by atoms with Crippen LogP contribution in [-0.2, 0) is 16.8 Å². The second kappa shape index (κ2) is 11.3. The quantitative estimate of drug-likeness (QED) is 0.308. The number of nitrogens with zero attached hydrogens (tertiary/aromatic N) is 1. The molecule has 0 bridgehead atoms. The number of halogens is 3. The van der Waals surface area contributed by atoms with E-state index in [2.05, 4.69) is 0 Å². The molecule has 3 aromatic rings. The molecular formula is C33H36ClF2NO4. The van der Waals surface area contributed by atoms with Crippen LogP contribution >= 0.6 is 11.6 Å². The summed E-state index contributed by atoms with van der Waals surface area (Å²) in [6.07, 6.45) is 0.173. The summed E-state index contributed by atoms with van der Waals surface area (Å²) in [5.41, 5.74) is 2.70. The number of carbonyl (C=O) groups is 1. The minimum Gasteiger partial charge on any atom is -0.493 e. The topological polar surface area (TPSA) is 59.0 Å². The number of hydrogen-bond donors (Lipinski definition) is 1. The summed E-state index contributed by atoms with van der Waals surface area (Å²) >= 11 is 6.21. The predicted molar refractivity (Wildman–Crippen MR) is 156 cm³/mol. The number of aliphatic hydroxyl groups is 1. The minimum atomic E-state index is -2.66. The maximum absolute atomic E-state index is 13.8. The molecule has 41 heavy (non-hydrogen) atoms. The van der Waals surface area contributed by atoms with Crippen LogP contribution in [0.3, 0.4) is 0 Å². The number of hydrogen-bond acceptors (Lipinski definition) is 4. The van der Waals surface area contributed by atoms with Gasteiger partial charge in [0.1, 0.15) is 0 Å². The molecule has 1 aliphatic heterocycles. The average Bonchev–Trinajstić information content (AvgIpc) is 2.92. The van der Waals surface area contributed by atoms with Crippen LogP contribution in [0, 0.1) is 5.92 Å². The van der Waals surface area contributed by atoms with E-state index in [0.717, 1.165) is 16.7 Å². The normalized spacial score (nSPS) is 20.5. The van der Waals surface area contributed by atoms with Crippen molar-refractivity contribution < 1.29 is 28.2 Å². The van der Waals surface area contributed by atoms with Gasteiger partial charge >= 0.3 is 0 Å². The highest BCUT2D eigenvalue weighted by Crippen LogP contribution is 2.46. The molecule has 1 aliphatic carbocycles. The van der Waals surface area contributed by atoms with E-state index in [1.165, 1.54) is 0 Å². The Balaban J connectivity index is 1.54. The summed E-state index contributed by atoms with van der Waals surface area (Å²) in [6, 6.07) is 18.0. The third-order valence-electron chi connectivity index (χ3n) is 8.38. The molecule has 218 valence electrons. The molecule has 0 unspecified atom stereocenters. The summed E-state index contributed by atoms with van der Waals surface area (Å²) < 4.78 is 39.2. The lowest BCUT2D eigenvalue weighted by atomic mass is 9.73. The highest BCUT2D eigenvalue weighted by molar-refractivity contribution is 6.30. The fourth-order valence-corrected chi connectivity index (χ4v) is 6.25. The molecule has 0 aromatic heterocycles. The molecule has 0 spiro atoms. The zero-order chi connectivity index (χ0) is 29.5. The van der Waals surface area contributed by atoms with Crippen LogP contribution in [0.2, 0.25) is 5.02 Å². The van der Waals surface area contributed by atoms with E-state index in [1.807, 2.05) is 50.2 Å². The predicted octanol–water partition coefficient (Wildman–Crippen LogP) is 7.85. The van der Waals surface area contributed by atoms with Crippen LogP contribution < -0.4 is 14.4 Å². The van der Waals surface area contributed by atoms with E-state index in [9.17, 15) is 18.7 Å². The molecule has 1 fully saturated rings. The fraction of sp³-hybridized carbons (Fsp3) is 0.424. The third-order valence-corrected chi connectivity index (χ3v) is 8.63. The van der Waals surface area contributed by atoms with Crippen molar-refractivity contribution in [3.05, 3.63) is 87.9 Å². The minimum absolute atomic E-state index is 0.0759. The number of alkyl halides is 2. The molecule has 1 saturated carbocycles. The van der Waals surface area contributed by atoms with Crippen LogP contribution in [0.15, 0.2) is 60.7 Å². The standard InChI is InChI=1S/C33H36ClF2NO4/c1-20(2)41-29-19-27-22(17-28(29)40-4)18-30(38)37(31(27)21-5-9-25(34)10-6-21)26-11-7-23(8-12-26)32(3,39)24-13-15-33(35,36)16-14-24/h5-12,17,19-20,24,31,39H,13-16,18H2,1-4H3/t31-,32-/m0/s1. The number of amides is 1. The number of methoxy groups -OCH3 is 1. The molecule has 0 radical (unpaired) electrons. The Hall–Kier alpha value is -3.16. The molecule has 1 amide bonds. The number of carbonyl (C=O) groups excluding carboxylic acids is 1. The number of benzene rings is 3. The van der Waals surface area contributed by atoms with Gasteiger partial charge in [-0.25, -0.2) is 8.78 Å². The highest BCUT2D eigenvalue weighted by atomic mass is 35.5. The summed E-state index contributed by atoms with van der Waals surface area (Å²) in [7, 11) is 1.58. The van der Waals surface area contributed by atoms with Crippen LogP contribution in [0.1, 0.15) is 74.8 Å². The van der Waals surface area contributed by atoms with Gasteiger partial charge in [-0.1, -0.05) is 35.9 Å². The number of rotatable bonds is 7. The van der Waals surface area contributed by atoms with E-state index in [4.69, 9.17) is 21.1 Å². The fourth-order valence-electron chi connectivity index (χ4n) is 6.13. The SMILES string of the molecule is COc1cc2c(cc1OC(C)C)[C@H](c1ccc(Cl)cc1)N(c1ccc([C@](C)(O)C3CCC(F)(F)CC3)cc1)C(=O)C2. The smallest absolute Gasteiger partial charge is 0.248 e. The Morgan fingerprint density at radius 1 is 1.02 bits per heavy atom. The van der Waals surface area contributed by atoms with E-state index >= 15 is 0 Å². The van der Waals surface area contributed by atoms with E-state index in [-0.39, 0.29) is 50.0 Å².